The molecule has 0 saturated carbocycles. The van der Waals surface area contributed by atoms with Crippen molar-refractivity contribution >= 4 is 29.4 Å². The van der Waals surface area contributed by atoms with Gasteiger partial charge in [0, 0.05) is 43.5 Å². The molecule has 2 N–H and O–H groups in total. The second kappa shape index (κ2) is 10.4. The number of aliphatic hydroxyl groups is 1. The molecule has 9 heteroatoms. The molecule has 1 saturated heterocycles. The molecule has 2 aromatic carbocycles. The van der Waals surface area contributed by atoms with Crippen molar-refractivity contribution in [2.75, 3.05) is 44.5 Å². The fourth-order valence-electron chi connectivity index (χ4n) is 3.91. The highest BCUT2D eigenvalue weighted by Crippen LogP contribution is 2.32. The maximum atomic E-state index is 12.9. The van der Waals surface area contributed by atoms with Crippen LogP contribution in [0.25, 0.3) is 6.08 Å². The zero-order chi connectivity index (χ0) is 24.1. The Morgan fingerprint density at radius 2 is 1.74 bits per heavy atom. The summed E-state index contributed by atoms with van der Waals surface area (Å²) in [7, 11) is 0. The van der Waals surface area contributed by atoms with Crippen molar-refractivity contribution in [3.8, 4) is 11.5 Å². The Bertz CT molecular complexity index is 1090. The lowest BCUT2D eigenvalue weighted by Crippen LogP contribution is -2.56. The highest BCUT2D eigenvalue weighted by molar-refractivity contribution is 5.96. The fraction of sp³-hybridized carbons (Fsp3) is 0.320. The Morgan fingerprint density at radius 3 is 2.41 bits per heavy atom. The molecule has 2 aromatic rings. The number of piperazine rings is 1. The van der Waals surface area contributed by atoms with E-state index < -0.39 is 18.6 Å². The topological polar surface area (TPSA) is 108 Å². The molecule has 1 fully saturated rings. The maximum Gasteiger partial charge on any atom is 0.247 e. The molecule has 2 aliphatic heterocycles. The van der Waals surface area contributed by atoms with Crippen LogP contribution in [0.15, 0.2) is 48.5 Å². The number of rotatable bonds is 7. The van der Waals surface area contributed by atoms with Crippen LogP contribution in [0.5, 0.6) is 11.5 Å². The number of amides is 2. The number of aliphatic hydroxyl groups excluding tert-OH is 1. The number of ether oxygens (including phenoxy) is 2. The third kappa shape index (κ3) is 5.37. The van der Waals surface area contributed by atoms with E-state index >= 15 is 0 Å². The van der Waals surface area contributed by atoms with E-state index in [9.17, 15) is 19.5 Å². The monoisotopic (exact) mass is 465 g/mol. The number of Topliss-reactive ketones (excluding diaryl/α,β-unsaturated/α-hetero) is 1. The molecule has 0 bridgehead atoms. The smallest absolute Gasteiger partial charge is 0.247 e. The zero-order valence-corrected chi connectivity index (χ0v) is 18.9. The lowest BCUT2D eigenvalue weighted by atomic mass is 10.1. The second-order valence-electron chi connectivity index (χ2n) is 8.11. The van der Waals surface area contributed by atoms with E-state index in [0.29, 0.717) is 43.2 Å². The highest BCUT2D eigenvalue weighted by Gasteiger charge is 2.28. The summed E-state index contributed by atoms with van der Waals surface area (Å²) in [4.78, 5) is 40.4. The van der Waals surface area contributed by atoms with E-state index in [1.807, 2.05) is 12.1 Å². The Balaban J connectivity index is 1.29. The highest BCUT2D eigenvalue weighted by atomic mass is 16.7. The molecule has 1 atom stereocenters. The molecule has 178 valence electrons. The molecule has 2 aliphatic rings. The number of ketones is 1. The number of anilines is 1. The van der Waals surface area contributed by atoms with Gasteiger partial charge in [-0.15, -0.1) is 0 Å². The van der Waals surface area contributed by atoms with Crippen molar-refractivity contribution in [3.05, 3.63) is 59.7 Å². The van der Waals surface area contributed by atoms with Gasteiger partial charge in [0.15, 0.2) is 17.3 Å². The number of benzene rings is 2. The fourth-order valence-corrected chi connectivity index (χ4v) is 3.91. The van der Waals surface area contributed by atoms with Gasteiger partial charge in [-0.1, -0.05) is 6.07 Å². The molecule has 2 heterocycles. The summed E-state index contributed by atoms with van der Waals surface area (Å²) in [5.41, 5.74) is 2.39. The number of hydrogen-bond donors (Lipinski definition) is 2. The van der Waals surface area contributed by atoms with E-state index in [2.05, 4.69) is 10.2 Å². The van der Waals surface area contributed by atoms with E-state index in [1.54, 1.807) is 41.3 Å². The summed E-state index contributed by atoms with van der Waals surface area (Å²) in [5, 5.41) is 12.3. The van der Waals surface area contributed by atoms with Crippen molar-refractivity contribution in [1.82, 2.24) is 10.2 Å². The average molecular weight is 466 g/mol. The standard InChI is InChI=1S/C25H27N3O6/c1-17(30)19-4-6-20(7-5-19)27-10-12-28(13-11-27)25(32)21(15-29)26-24(31)9-3-18-2-8-22-23(14-18)34-16-33-22/h2-9,14,21,29H,10-13,15-16H2,1H3,(H,26,31)/t21-/m0/s1. The summed E-state index contributed by atoms with van der Waals surface area (Å²) in [5.74, 6) is 0.485. The predicted octanol–water partition coefficient (Wildman–Crippen LogP) is 1.46. The minimum Gasteiger partial charge on any atom is -0.454 e. The van der Waals surface area contributed by atoms with Gasteiger partial charge in [0.2, 0.25) is 18.6 Å². The molecule has 9 nitrogen and oxygen atoms in total. The first-order valence-corrected chi connectivity index (χ1v) is 11.1. The third-order valence-electron chi connectivity index (χ3n) is 5.85. The molecule has 0 unspecified atom stereocenters. The average Bonchev–Trinajstić information content (AvgIpc) is 3.34. The summed E-state index contributed by atoms with van der Waals surface area (Å²) in [6.07, 6.45) is 2.92. The summed E-state index contributed by atoms with van der Waals surface area (Å²) in [6.45, 7) is 3.36. The van der Waals surface area contributed by atoms with Crippen LogP contribution in [0.1, 0.15) is 22.8 Å². The van der Waals surface area contributed by atoms with Crippen molar-refractivity contribution in [2.24, 2.45) is 0 Å². The van der Waals surface area contributed by atoms with Crippen molar-refractivity contribution < 1.29 is 29.0 Å². The molecule has 2 amide bonds. The minimum atomic E-state index is -1.02. The van der Waals surface area contributed by atoms with Crippen molar-refractivity contribution in [2.45, 2.75) is 13.0 Å². The van der Waals surface area contributed by atoms with Crippen LogP contribution in [0.2, 0.25) is 0 Å². The Labute approximate surface area is 197 Å². The predicted molar refractivity (Wildman–Crippen MR) is 126 cm³/mol. The van der Waals surface area contributed by atoms with Gasteiger partial charge < -0.3 is 29.7 Å². The van der Waals surface area contributed by atoms with E-state index in [4.69, 9.17) is 9.47 Å². The molecular formula is C25H27N3O6. The molecule has 0 radical (unpaired) electrons. The zero-order valence-electron chi connectivity index (χ0n) is 18.9. The maximum absolute atomic E-state index is 12.9. The van der Waals surface area contributed by atoms with Gasteiger partial charge in [0.25, 0.3) is 0 Å². The lowest BCUT2D eigenvalue weighted by Gasteiger charge is -2.37. The summed E-state index contributed by atoms with van der Waals surface area (Å²) >= 11 is 0. The first kappa shape index (κ1) is 23.3. The first-order valence-electron chi connectivity index (χ1n) is 11.1. The van der Waals surface area contributed by atoms with Crippen LogP contribution in [0.3, 0.4) is 0 Å². The molecule has 0 spiro atoms. The number of nitrogens with one attached hydrogen (secondary N) is 1. The SMILES string of the molecule is CC(=O)c1ccc(N2CCN(C(=O)[C@H](CO)NC(=O)C=Cc3ccc4c(c3)OCO4)CC2)cc1. The Morgan fingerprint density at radius 1 is 1.03 bits per heavy atom. The summed E-state index contributed by atoms with van der Waals surface area (Å²) in [6, 6.07) is 11.7. The van der Waals surface area contributed by atoms with E-state index in [0.717, 1.165) is 11.3 Å². The van der Waals surface area contributed by atoms with Crippen molar-refractivity contribution in [3.63, 3.8) is 0 Å². The number of carbonyl (C=O) groups is 3. The minimum absolute atomic E-state index is 0.0183. The van der Waals surface area contributed by atoms with Gasteiger partial charge in [0.05, 0.1) is 6.61 Å². The van der Waals surface area contributed by atoms with Crippen molar-refractivity contribution in [1.29, 1.82) is 0 Å². The number of hydrogen-bond acceptors (Lipinski definition) is 7. The molecule has 34 heavy (non-hydrogen) atoms. The quantitative estimate of drug-likeness (QED) is 0.471. The van der Waals surface area contributed by atoms with Gasteiger partial charge >= 0.3 is 0 Å². The van der Waals surface area contributed by atoms with Crippen LogP contribution in [0, 0.1) is 0 Å². The number of fused-ring (bicyclic) bond motifs is 1. The van der Waals surface area contributed by atoms with Crippen LogP contribution in [-0.2, 0) is 9.59 Å². The van der Waals surface area contributed by atoms with Crippen LogP contribution in [0.4, 0.5) is 5.69 Å². The van der Waals surface area contributed by atoms with Gasteiger partial charge in [-0.3, -0.25) is 14.4 Å². The van der Waals surface area contributed by atoms with E-state index in [1.165, 1.54) is 13.0 Å². The Kier molecular flexibility index (Phi) is 7.12. The lowest BCUT2D eigenvalue weighted by molar-refractivity contribution is -0.137. The molecule has 0 aromatic heterocycles. The normalized spacial score (nSPS) is 15.9. The molecule has 0 aliphatic carbocycles. The summed E-state index contributed by atoms with van der Waals surface area (Å²) < 4.78 is 10.6. The molecule has 4 rings (SSSR count). The first-order chi connectivity index (χ1) is 16.4. The van der Waals surface area contributed by atoms with E-state index in [-0.39, 0.29) is 18.5 Å². The largest absolute Gasteiger partial charge is 0.454 e. The van der Waals surface area contributed by atoms with Gasteiger partial charge in [-0.25, -0.2) is 0 Å². The number of carbonyl (C=O) groups excluding carboxylic acids is 3. The van der Waals surface area contributed by atoms with Gasteiger partial charge in [0.1, 0.15) is 6.04 Å². The van der Waals surface area contributed by atoms with Crippen LogP contribution in [-0.4, -0.2) is 73.2 Å². The third-order valence-corrected chi connectivity index (χ3v) is 5.85. The Hall–Kier alpha value is -3.85. The van der Waals surface area contributed by atoms with Gasteiger partial charge in [-0.05, 0) is 55.0 Å². The second-order valence-corrected chi connectivity index (χ2v) is 8.11. The van der Waals surface area contributed by atoms with Crippen LogP contribution >= 0.6 is 0 Å². The molecular weight excluding hydrogens is 438 g/mol. The number of nitrogens with zero attached hydrogens (tertiary/aromatic N) is 2. The van der Waals surface area contributed by atoms with Gasteiger partial charge in [-0.2, -0.15) is 0 Å². The van der Waals surface area contributed by atoms with Crippen LogP contribution < -0.4 is 19.7 Å².